The van der Waals surface area contributed by atoms with E-state index < -0.39 is 15.3 Å². The fourth-order valence-corrected chi connectivity index (χ4v) is 9.81. The number of rotatable bonds is 4. The molecule has 33 heavy (non-hydrogen) atoms. The fourth-order valence-electron chi connectivity index (χ4n) is 6.07. The third-order valence-corrected chi connectivity index (χ3v) is 11.6. The van der Waals surface area contributed by atoms with Gasteiger partial charge < -0.3 is 19.5 Å². The van der Waals surface area contributed by atoms with Crippen molar-refractivity contribution in [1.29, 1.82) is 0 Å². The minimum atomic E-state index is -2.71. The molecule has 2 unspecified atom stereocenters. The van der Waals surface area contributed by atoms with E-state index in [9.17, 15) is 14.1 Å². The second-order valence-electron chi connectivity index (χ2n) is 10.2. The van der Waals surface area contributed by atoms with Crippen molar-refractivity contribution in [3.63, 3.8) is 0 Å². The highest BCUT2D eigenvalue weighted by Gasteiger charge is 2.73. The number of fused-ring (bicyclic) bond motifs is 3. The maximum absolute atomic E-state index is 14.9. The number of benzene rings is 1. The summed E-state index contributed by atoms with van der Waals surface area (Å²) < 4.78 is 29.5. The van der Waals surface area contributed by atoms with Crippen LogP contribution in [0.15, 0.2) is 29.2 Å². The van der Waals surface area contributed by atoms with Crippen LogP contribution >= 0.6 is 11.6 Å². The van der Waals surface area contributed by atoms with Crippen LogP contribution in [0.3, 0.4) is 0 Å². The minimum absolute atomic E-state index is 0.0229. The molecule has 0 radical (unpaired) electrons. The molecule has 2 aliphatic carbocycles. The zero-order valence-electron chi connectivity index (χ0n) is 18.8. The van der Waals surface area contributed by atoms with Gasteiger partial charge in [-0.3, -0.25) is 0 Å². The Morgan fingerprint density at radius 1 is 1.24 bits per heavy atom. The third kappa shape index (κ3) is 3.36. The summed E-state index contributed by atoms with van der Waals surface area (Å²) in [7, 11) is -2.71. The van der Waals surface area contributed by atoms with E-state index in [0.29, 0.717) is 37.1 Å². The topological polar surface area (TPSA) is 79.3 Å². The number of nitrogens with zero attached hydrogens (tertiary/aromatic N) is 2. The third-order valence-electron chi connectivity index (χ3n) is 8.18. The summed E-state index contributed by atoms with van der Waals surface area (Å²) in [6.07, 6.45) is 3.92. The zero-order valence-corrected chi connectivity index (χ0v) is 20.4. The molecular formula is C24H31ClN2O5S. The molecule has 1 amide bonds. The number of piperidine rings is 1. The Kier molecular flexibility index (Phi) is 5.27. The monoisotopic (exact) mass is 494 g/mol. The summed E-state index contributed by atoms with van der Waals surface area (Å²) in [5.74, 6) is 0.702. The number of likely N-dealkylation sites (tertiary alicyclic amines) is 1. The Labute approximate surface area is 200 Å². The Balaban J connectivity index is 1.36. The van der Waals surface area contributed by atoms with Gasteiger partial charge in [-0.25, -0.2) is 13.3 Å². The van der Waals surface area contributed by atoms with Gasteiger partial charge in [0.25, 0.3) is 0 Å². The molecule has 6 rings (SSSR count). The van der Waals surface area contributed by atoms with Gasteiger partial charge in [-0.05, 0) is 68.7 Å². The number of hydrogen-bond acceptors (Lipinski definition) is 5. The van der Waals surface area contributed by atoms with Crippen LogP contribution < -0.4 is 0 Å². The number of carbonyl (C=O) groups excluding carboxylic acids is 1. The van der Waals surface area contributed by atoms with E-state index in [-0.39, 0.29) is 36.8 Å². The standard InChI is InChI=1S/C24H31ClN2O5S/c1-15-22(17-2-3-17)27-20(14-31-15)24(32-23(29)26-10-8-16(13-28)9-11-26)12-21(24)33(27,30)19-6-4-18(25)5-7-19/h4-7,15-17,20,22,28H,2-3,8-14H2,1H3/t15-,20+,22-,24?,33?/m0/s1. The molecule has 2 saturated heterocycles. The highest BCUT2D eigenvalue weighted by Crippen LogP contribution is 2.57. The van der Waals surface area contributed by atoms with Gasteiger partial charge in [0.2, 0.25) is 0 Å². The Morgan fingerprint density at radius 3 is 2.58 bits per heavy atom. The van der Waals surface area contributed by atoms with E-state index in [1.54, 1.807) is 17.0 Å². The first-order valence-electron chi connectivity index (χ1n) is 12.0. The number of morpholine rings is 1. The number of hydrogen-bond donors (Lipinski definition) is 1. The molecule has 0 aromatic heterocycles. The number of amides is 1. The van der Waals surface area contributed by atoms with Gasteiger partial charge in [0.05, 0.1) is 39.4 Å². The molecule has 4 fully saturated rings. The first-order chi connectivity index (χ1) is 15.9. The van der Waals surface area contributed by atoms with Crippen LogP contribution in [0, 0.1) is 11.8 Å². The molecule has 1 aromatic carbocycles. The van der Waals surface area contributed by atoms with Gasteiger partial charge in [0.15, 0.2) is 5.60 Å². The van der Waals surface area contributed by atoms with Gasteiger partial charge in [-0.2, -0.15) is 0 Å². The van der Waals surface area contributed by atoms with E-state index in [4.69, 9.17) is 21.1 Å². The largest absolute Gasteiger partial charge is 0.435 e. The van der Waals surface area contributed by atoms with Crippen LogP contribution in [0.5, 0.6) is 0 Å². The quantitative estimate of drug-likeness (QED) is 0.651. The lowest BCUT2D eigenvalue weighted by Gasteiger charge is -2.46. The van der Waals surface area contributed by atoms with Crippen molar-refractivity contribution < 1.29 is 23.6 Å². The molecule has 7 nitrogen and oxygen atoms in total. The average molecular weight is 495 g/mol. The lowest BCUT2D eigenvalue weighted by Crippen LogP contribution is -2.61. The SMILES string of the molecule is C[C@@H]1OC[C@H]2N([C@@H]1C1CC1)S(=O)(c1ccc(Cl)cc1)=C1CC12OC(=O)N1CCC(CO)CC1. The Bertz CT molecular complexity index is 1070. The van der Waals surface area contributed by atoms with Crippen molar-refractivity contribution in [2.24, 2.45) is 11.8 Å². The molecule has 180 valence electrons. The number of aliphatic hydroxyl groups excluding tert-OH is 1. The first kappa shape index (κ1) is 22.2. The highest BCUT2D eigenvalue weighted by molar-refractivity contribution is 8.01. The minimum Gasteiger partial charge on any atom is -0.435 e. The first-order valence-corrected chi connectivity index (χ1v) is 13.9. The molecule has 2 saturated carbocycles. The van der Waals surface area contributed by atoms with Gasteiger partial charge >= 0.3 is 6.09 Å². The maximum atomic E-state index is 14.9. The highest BCUT2D eigenvalue weighted by atomic mass is 35.5. The van der Waals surface area contributed by atoms with Crippen LogP contribution in [0.2, 0.25) is 5.02 Å². The summed E-state index contributed by atoms with van der Waals surface area (Å²) in [5, 5.41) is 10.0. The van der Waals surface area contributed by atoms with Crippen molar-refractivity contribution >= 4 is 32.3 Å². The van der Waals surface area contributed by atoms with Crippen LogP contribution in [-0.2, 0) is 19.2 Å². The zero-order chi connectivity index (χ0) is 23.0. The van der Waals surface area contributed by atoms with Crippen LogP contribution in [0.4, 0.5) is 4.79 Å². The lowest BCUT2D eigenvalue weighted by molar-refractivity contribution is -0.0994. The van der Waals surface area contributed by atoms with Gasteiger partial charge in [0, 0.05) is 36.0 Å². The van der Waals surface area contributed by atoms with E-state index in [2.05, 4.69) is 11.2 Å². The van der Waals surface area contributed by atoms with E-state index in [1.807, 2.05) is 12.1 Å². The molecule has 3 aliphatic heterocycles. The van der Waals surface area contributed by atoms with E-state index >= 15 is 0 Å². The van der Waals surface area contributed by atoms with Crippen LogP contribution in [-0.4, -0.2) is 79.6 Å². The molecule has 9 heteroatoms. The van der Waals surface area contributed by atoms with Crippen molar-refractivity contribution in [2.75, 3.05) is 26.3 Å². The van der Waals surface area contributed by atoms with Gasteiger partial charge in [-0.1, -0.05) is 11.6 Å². The predicted octanol–water partition coefficient (Wildman–Crippen LogP) is 2.94. The average Bonchev–Trinajstić information content (AvgIpc) is 3.74. The van der Waals surface area contributed by atoms with Crippen molar-refractivity contribution in [2.45, 2.75) is 67.7 Å². The Hall–Kier alpha value is -1.32. The molecule has 5 aliphatic rings. The summed E-state index contributed by atoms with van der Waals surface area (Å²) in [6.45, 7) is 3.78. The normalized spacial score (nSPS) is 38.7. The number of aliphatic hydroxyl groups is 1. The van der Waals surface area contributed by atoms with Crippen molar-refractivity contribution in [3.05, 3.63) is 29.3 Å². The molecule has 1 aromatic rings. The summed E-state index contributed by atoms with van der Waals surface area (Å²) >= 11 is 6.14. The van der Waals surface area contributed by atoms with Gasteiger partial charge in [0.1, 0.15) is 0 Å². The number of halogens is 1. The molecule has 0 spiro atoms. The maximum Gasteiger partial charge on any atom is 0.410 e. The predicted molar refractivity (Wildman–Crippen MR) is 126 cm³/mol. The second-order valence-corrected chi connectivity index (χ2v) is 13.1. The lowest BCUT2D eigenvalue weighted by atomic mass is 9.98. The smallest absolute Gasteiger partial charge is 0.410 e. The molecular weight excluding hydrogens is 464 g/mol. The molecule has 5 atom stereocenters. The van der Waals surface area contributed by atoms with E-state index in [1.165, 1.54) is 0 Å². The molecule has 3 heterocycles. The van der Waals surface area contributed by atoms with E-state index in [0.717, 1.165) is 35.4 Å². The summed E-state index contributed by atoms with van der Waals surface area (Å²) in [6, 6.07) is 7.09. The number of ether oxygens (including phenoxy) is 2. The van der Waals surface area contributed by atoms with Crippen LogP contribution in [0.1, 0.15) is 39.0 Å². The van der Waals surface area contributed by atoms with Crippen molar-refractivity contribution in [3.8, 4) is 0 Å². The molecule has 1 N–H and O–H groups in total. The number of carbonyl (C=O) groups is 1. The summed E-state index contributed by atoms with van der Waals surface area (Å²) in [5.41, 5.74) is -0.852. The van der Waals surface area contributed by atoms with Crippen molar-refractivity contribution in [1.82, 2.24) is 9.21 Å². The summed E-state index contributed by atoms with van der Waals surface area (Å²) in [4.78, 5) is 16.5. The van der Waals surface area contributed by atoms with Gasteiger partial charge in [-0.15, -0.1) is 0 Å². The second kappa shape index (κ2) is 7.85. The molecule has 0 bridgehead atoms. The Morgan fingerprint density at radius 2 is 1.94 bits per heavy atom. The fraction of sp³-hybridized carbons (Fsp3) is 0.667. The van der Waals surface area contributed by atoms with Crippen LogP contribution in [0.25, 0.3) is 0 Å².